The van der Waals surface area contributed by atoms with Gasteiger partial charge < -0.3 is 0 Å². The number of anilines is 1. The highest BCUT2D eigenvalue weighted by Gasteiger charge is 2.51. The van der Waals surface area contributed by atoms with Crippen LogP contribution in [0, 0.1) is 29.1 Å². The lowest BCUT2D eigenvalue weighted by molar-refractivity contribution is -0.00518. The number of nitrogens with zero attached hydrogens (tertiary/aromatic N) is 1. The molecule has 0 unspecified atom stereocenters. The van der Waals surface area contributed by atoms with E-state index in [4.69, 9.17) is 5.26 Å². The maximum atomic E-state index is 12.7. The molecule has 4 aliphatic carbocycles. The van der Waals surface area contributed by atoms with Gasteiger partial charge in [0.25, 0.3) is 10.0 Å². The second-order valence-corrected chi connectivity index (χ2v) is 10.7. The molecule has 0 radical (unpaired) electrons. The van der Waals surface area contributed by atoms with E-state index in [1.54, 1.807) is 12.1 Å². The average Bonchev–Trinajstić information content (AvgIpc) is 2.67. The zero-order chi connectivity index (χ0) is 19.4. The molecule has 4 aliphatic rings. The molecule has 28 heavy (non-hydrogen) atoms. The smallest absolute Gasteiger partial charge is 0.261 e. The van der Waals surface area contributed by atoms with E-state index in [9.17, 15) is 8.42 Å². The van der Waals surface area contributed by atoms with Gasteiger partial charge in [0.2, 0.25) is 0 Å². The fraction of sp³-hybridized carbons (Fsp3) is 0.435. The normalized spacial score (nSPS) is 30.8. The summed E-state index contributed by atoms with van der Waals surface area (Å²) in [6.07, 6.45) is 8.14. The Labute approximate surface area is 166 Å². The van der Waals surface area contributed by atoms with E-state index in [0.717, 1.165) is 17.8 Å². The first-order valence-corrected chi connectivity index (χ1v) is 11.6. The Kier molecular flexibility index (Phi) is 4.03. The van der Waals surface area contributed by atoms with Crippen LogP contribution in [0.5, 0.6) is 0 Å². The summed E-state index contributed by atoms with van der Waals surface area (Å²) in [5.74, 6) is 2.66. The highest BCUT2D eigenvalue weighted by atomic mass is 32.2. The maximum absolute atomic E-state index is 12.7. The maximum Gasteiger partial charge on any atom is 0.261 e. The summed E-state index contributed by atoms with van der Waals surface area (Å²) in [6.45, 7) is 0. The van der Waals surface area contributed by atoms with Gasteiger partial charge in [-0.1, -0.05) is 18.2 Å². The number of sulfonamides is 1. The van der Waals surface area contributed by atoms with Gasteiger partial charge in [-0.2, -0.15) is 5.26 Å². The van der Waals surface area contributed by atoms with E-state index in [1.165, 1.54) is 56.2 Å². The Morgan fingerprint density at radius 1 is 0.929 bits per heavy atom. The third-order valence-corrected chi connectivity index (χ3v) is 8.44. The van der Waals surface area contributed by atoms with Crippen LogP contribution in [0.4, 0.5) is 5.69 Å². The van der Waals surface area contributed by atoms with Gasteiger partial charge in [0.05, 0.1) is 16.5 Å². The molecule has 2 aromatic rings. The second-order valence-electron chi connectivity index (χ2n) is 9.02. The molecule has 4 saturated carbocycles. The van der Waals surface area contributed by atoms with Crippen LogP contribution in [0.3, 0.4) is 0 Å². The van der Waals surface area contributed by atoms with Crippen LogP contribution in [0.1, 0.15) is 49.7 Å². The van der Waals surface area contributed by atoms with Gasteiger partial charge in [-0.25, -0.2) is 8.42 Å². The van der Waals surface area contributed by atoms with Crippen LogP contribution in [0.15, 0.2) is 53.4 Å². The Hall–Kier alpha value is -2.32. The van der Waals surface area contributed by atoms with E-state index in [2.05, 4.69) is 16.9 Å². The second kappa shape index (κ2) is 6.35. The third-order valence-electron chi connectivity index (χ3n) is 7.06. The van der Waals surface area contributed by atoms with Gasteiger partial charge >= 0.3 is 0 Å². The zero-order valence-corrected chi connectivity index (χ0v) is 16.6. The number of benzene rings is 2. The lowest BCUT2D eigenvalue weighted by Crippen LogP contribution is -2.48. The standard InChI is InChI=1S/C23H24N2O2S/c24-15-16-2-1-3-22(11-16)28(26,27)25-21-6-4-20(5-7-21)23-12-17-8-18(13-23)10-19(9-17)14-23/h1-7,11,17-19,25H,8-10,12-14H2. The van der Waals surface area contributed by atoms with Crippen molar-refractivity contribution in [1.29, 1.82) is 5.26 Å². The molecule has 144 valence electrons. The van der Waals surface area contributed by atoms with Crippen LogP contribution in [0.25, 0.3) is 0 Å². The summed E-state index contributed by atoms with van der Waals surface area (Å²) in [6, 6.07) is 16.1. The summed E-state index contributed by atoms with van der Waals surface area (Å²) in [7, 11) is -3.70. The monoisotopic (exact) mass is 392 g/mol. The van der Waals surface area contributed by atoms with Crippen molar-refractivity contribution in [3.63, 3.8) is 0 Å². The van der Waals surface area contributed by atoms with Crippen LogP contribution < -0.4 is 4.72 Å². The average molecular weight is 393 g/mol. The van der Waals surface area contributed by atoms with Crippen molar-refractivity contribution in [2.45, 2.75) is 48.8 Å². The molecule has 5 heteroatoms. The molecule has 0 spiro atoms. The summed E-state index contributed by atoms with van der Waals surface area (Å²) in [4.78, 5) is 0.108. The number of nitrogens with one attached hydrogen (secondary N) is 1. The molecule has 2 aromatic carbocycles. The van der Waals surface area contributed by atoms with Gasteiger partial charge in [0.15, 0.2) is 0 Å². The van der Waals surface area contributed by atoms with E-state index < -0.39 is 10.0 Å². The van der Waals surface area contributed by atoms with Crippen LogP contribution >= 0.6 is 0 Å². The van der Waals surface area contributed by atoms with Crippen molar-refractivity contribution in [2.24, 2.45) is 17.8 Å². The summed E-state index contributed by atoms with van der Waals surface area (Å²) >= 11 is 0. The fourth-order valence-electron chi connectivity index (χ4n) is 6.30. The summed E-state index contributed by atoms with van der Waals surface area (Å²) in [5.41, 5.74) is 2.59. The Morgan fingerprint density at radius 3 is 2.11 bits per heavy atom. The first-order chi connectivity index (χ1) is 13.5. The quantitative estimate of drug-likeness (QED) is 0.810. The minimum absolute atomic E-state index is 0.108. The number of hydrogen-bond donors (Lipinski definition) is 1. The van der Waals surface area contributed by atoms with E-state index in [0.29, 0.717) is 16.7 Å². The molecule has 0 atom stereocenters. The molecule has 0 aliphatic heterocycles. The van der Waals surface area contributed by atoms with Crippen molar-refractivity contribution < 1.29 is 8.42 Å². The summed E-state index contributed by atoms with van der Waals surface area (Å²) in [5, 5.41) is 9.00. The topological polar surface area (TPSA) is 70.0 Å². The zero-order valence-electron chi connectivity index (χ0n) is 15.8. The lowest BCUT2D eigenvalue weighted by Gasteiger charge is -2.57. The number of nitriles is 1. The molecule has 4 bridgehead atoms. The Morgan fingerprint density at radius 2 is 1.54 bits per heavy atom. The van der Waals surface area contributed by atoms with Gasteiger partial charge in [-0.3, -0.25) is 4.72 Å². The third kappa shape index (κ3) is 3.00. The van der Waals surface area contributed by atoms with Gasteiger partial charge in [0.1, 0.15) is 0 Å². The van der Waals surface area contributed by atoms with E-state index in [-0.39, 0.29) is 4.90 Å². The van der Waals surface area contributed by atoms with Gasteiger partial charge in [-0.15, -0.1) is 0 Å². The first-order valence-electron chi connectivity index (χ1n) is 10.1. The molecule has 1 N–H and O–H groups in total. The summed E-state index contributed by atoms with van der Waals surface area (Å²) < 4.78 is 28.0. The molecule has 0 aromatic heterocycles. The fourth-order valence-corrected chi connectivity index (χ4v) is 7.41. The predicted molar refractivity (Wildman–Crippen MR) is 108 cm³/mol. The molecule has 4 nitrogen and oxygen atoms in total. The highest BCUT2D eigenvalue weighted by Crippen LogP contribution is 2.60. The van der Waals surface area contributed by atoms with Crippen LogP contribution in [-0.4, -0.2) is 8.42 Å². The van der Waals surface area contributed by atoms with Crippen LogP contribution in [-0.2, 0) is 15.4 Å². The van der Waals surface area contributed by atoms with Crippen molar-refractivity contribution in [1.82, 2.24) is 0 Å². The van der Waals surface area contributed by atoms with Crippen molar-refractivity contribution in [3.05, 3.63) is 59.7 Å². The van der Waals surface area contributed by atoms with E-state index in [1.807, 2.05) is 18.2 Å². The Bertz CT molecular complexity index is 1020. The Balaban J connectivity index is 1.38. The minimum atomic E-state index is -3.70. The first kappa shape index (κ1) is 17.8. The molecule has 6 rings (SSSR count). The van der Waals surface area contributed by atoms with Gasteiger partial charge in [0, 0.05) is 5.69 Å². The predicted octanol–water partition coefficient (Wildman–Crippen LogP) is 4.83. The molecule has 0 amide bonds. The van der Waals surface area contributed by atoms with Crippen molar-refractivity contribution in [2.75, 3.05) is 4.72 Å². The number of rotatable bonds is 4. The van der Waals surface area contributed by atoms with E-state index >= 15 is 0 Å². The molecular formula is C23H24N2O2S. The van der Waals surface area contributed by atoms with Crippen LogP contribution in [0.2, 0.25) is 0 Å². The van der Waals surface area contributed by atoms with Gasteiger partial charge in [-0.05, 0) is 97.6 Å². The highest BCUT2D eigenvalue weighted by molar-refractivity contribution is 7.92. The molecular weight excluding hydrogens is 368 g/mol. The molecule has 0 heterocycles. The van der Waals surface area contributed by atoms with Crippen molar-refractivity contribution in [3.8, 4) is 6.07 Å². The van der Waals surface area contributed by atoms with Crippen molar-refractivity contribution >= 4 is 15.7 Å². The molecule has 4 fully saturated rings. The SMILES string of the molecule is N#Cc1cccc(S(=O)(=O)Nc2ccc(C34CC5CC(CC(C5)C3)C4)cc2)c1. The number of hydrogen-bond acceptors (Lipinski definition) is 3. The lowest BCUT2D eigenvalue weighted by atomic mass is 9.48. The minimum Gasteiger partial charge on any atom is -0.280 e. The molecule has 0 saturated heterocycles. The largest absolute Gasteiger partial charge is 0.280 e.